The largest absolute Gasteiger partial charge is 0.366 e. The van der Waals surface area contributed by atoms with Gasteiger partial charge < -0.3 is 20.5 Å². The Hall–Kier alpha value is -3.60. The highest BCUT2D eigenvalue weighted by Gasteiger charge is 2.35. The first-order chi connectivity index (χ1) is 14.5. The number of carbonyl (C=O) groups excluding carboxylic acids is 1. The fourth-order valence-corrected chi connectivity index (χ4v) is 3.80. The fourth-order valence-electron chi connectivity index (χ4n) is 3.80. The van der Waals surface area contributed by atoms with Crippen molar-refractivity contribution in [1.29, 1.82) is 5.26 Å². The maximum atomic E-state index is 12.0. The lowest BCUT2D eigenvalue weighted by Gasteiger charge is -2.36. The number of para-hydroxylation sites is 1. The summed E-state index contributed by atoms with van der Waals surface area (Å²) in [5.74, 6) is 1.19. The van der Waals surface area contributed by atoms with Crippen LogP contribution in [0.15, 0.2) is 36.7 Å². The predicted octanol–water partition coefficient (Wildman–Crippen LogP) is 2.76. The predicted molar refractivity (Wildman–Crippen MR) is 116 cm³/mol. The molecule has 1 saturated carbocycles. The number of rotatable bonds is 7. The van der Waals surface area contributed by atoms with E-state index < -0.39 is 0 Å². The Balaban J connectivity index is 1.36. The molecule has 8 nitrogen and oxygen atoms in total. The van der Waals surface area contributed by atoms with E-state index in [1.807, 2.05) is 18.3 Å². The second-order valence-electron chi connectivity index (χ2n) is 7.85. The Kier molecular flexibility index (Phi) is 5.53. The van der Waals surface area contributed by atoms with E-state index in [2.05, 4.69) is 43.8 Å². The Morgan fingerprint density at radius 1 is 1.33 bits per heavy atom. The van der Waals surface area contributed by atoms with Gasteiger partial charge in [0, 0.05) is 49.7 Å². The number of anilines is 2. The van der Waals surface area contributed by atoms with E-state index in [-0.39, 0.29) is 17.9 Å². The maximum Gasteiger partial charge on any atom is 0.225 e. The average molecular weight is 403 g/mol. The molecular weight excluding hydrogens is 378 g/mol. The number of fused-ring (bicyclic) bond motifs is 1. The van der Waals surface area contributed by atoms with Crippen LogP contribution >= 0.6 is 0 Å². The van der Waals surface area contributed by atoms with Crippen molar-refractivity contribution in [3.63, 3.8) is 0 Å². The van der Waals surface area contributed by atoms with Gasteiger partial charge in [-0.25, -0.2) is 4.98 Å². The third-order valence-corrected chi connectivity index (χ3v) is 5.53. The number of carbonyl (C=O) groups is 1. The minimum atomic E-state index is 0.0404. The molecule has 3 aromatic rings. The van der Waals surface area contributed by atoms with Crippen LogP contribution in [0.2, 0.25) is 0 Å². The highest BCUT2D eigenvalue weighted by atomic mass is 16.2. The van der Waals surface area contributed by atoms with Gasteiger partial charge in [-0.05, 0) is 30.9 Å². The van der Waals surface area contributed by atoms with Gasteiger partial charge in [-0.1, -0.05) is 18.2 Å². The number of nitrogens with one attached hydrogen (secondary N) is 3. The summed E-state index contributed by atoms with van der Waals surface area (Å²) >= 11 is 0. The molecule has 0 unspecified atom stereocenters. The lowest BCUT2D eigenvalue weighted by molar-refractivity contribution is -0.135. The number of aromatic amines is 1. The highest BCUT2D eigenvalue weighted by Crippen LogP contribution is 2.31. The van der Waals surface area contributed by atoms with Gasteiger partial charge in [0.2, 0.25) is 11.9 Å². The van der Waals surface area contributed by atoms with E-state index in [0.717, 1.165) is 24.8 Å². The number of aromatic nitrogens is 3. The van der Waals surface area contributed by atoms with E-state index in [1.54, 1.807) is 19.0 Å². The summed E-state index contributed by atoms with van der Waals surface area (Å²) in [5.41, 5.74) is 2.76. The fraction of sp³-hybridized carbons (Fsp3) is 0.364. The summed E-state index contributed by atoms with van der Waals surface area (Å²) in [7, 11) is 3.55. The monoisotopic (exact) mass is 403 g/mol. The van der Waals surface area contributed by atoms with Crippen molar-refractivity contribution >= 4 is 28.6 Å². The van der Waals surface area contributed by atoms with Crippen molar-refractivity contribution in [1.82, 2.24) is 19.9 Å². The van der Waals surface area contributed by atoms with Crippen molar-refractivity contribution in [3.8, 4) is 6.07 Å². The first-order valence-electron chi connectivity index (χ1n) is 10.1. The summed E-state index contributed by atoms with van der Waals surface area (Å²) in [6.07, 6.45) is 5.88. The molecule has 30 heavy (non-hydrogen) atoms. The van der Waals surface area contributed by atoms with E-state index >= 15 is 0 Å². The molecule has 1 aliphatic rings. The minimum absolute atomic E-state index is 0.0404. The van der Waals surface area contributed by atoms with E-state index in [9.17, 15) is 10.1 Å². The molecule has 1 fully saturated rings. The lowest BCUT2D eigenvalue weighted by atomic mass is 9.79. The van der Waals surface area contributed by atoms with Gasteiger partial charge in [0.1, 0.15) is 17.5 Å². The van der Waals surface area contributed by atoms with Crippen LogP contribution in [0, 0.1) is 17.2 Å². The molecule has 0 aliphatic heterocycles. The van der Waals surface area contributed by atoms with Gasteiger partial charge >= 0.3 is 0 Å². The minimum Gasteiger partial charge on any atom is -0.366 e. The zero-order chi connectivity index (χ0) is 21.1. The number of benzene rings is 1. The molecule has 2 aromatic heterocycles. The highest BCUT2D eigenvalue weighted by molar-refractivity contribution is 5.83. The summed E-state index contributed by atoms with van der Waals surface area (Å²) in [6, 6.07) is 10.5. The molecule has 8 heteroatoms. The summed E-state index contributed by atoms with van der Waals surface area (Å²) in [6.45, 7) is 0.677. The first-order valence-corrected chi connectivity index (χ1v) is 10.1. The van der Waals surface area contributed by atoms with E-state index in [4.69, 9.17) is 0 Å². The Morgan fingerprint density at radius 2 is 2.13 bits per heavy atom. The third-order valence-electron chi connectivity index (χ3n) is 5.53. The van der Waals surface area contributed by atoms with Gasteiger partial charge in [0.15, 0.2) is 0 Å². The quantitative estimate of drug-likeness (QED) is 0.560. The number of hydrogen-bond acceptors (Lipinski definition) is 6. The number of nitrogens with zero attached hydrogens (tertiary/aromatic N) is 4. The molecule has 0 bridgehead atoms. The zero-order valence-electron chi connectivity index (χ0n) is 17.1. The molecule has 0 atom stereocenters. The molecule has 1 aromatic carbocycles. The molecule has 1 amide bonds. The smallest absolute Gasteiger partial charge is 0.225 e. The lowest BCUT2D eigenvalue weighted by Crippen LogP contribution is -2.44. The summed E-state index contributed by atoms with van der Waals surface area (Å²) in [5, 5.41) is 17.1. The second-order valence-corrected chi connectivity index (χ2v) is 7.85. The standard InChI is InChI=1S/C22H25N7O/c1-29(2)21(30)15-9-17(10-15)27-20-16(11-23)13-26-22(28-20)24-8-7-14-12-25-19-6-4-3-5-18(14)19/h3-6,12-13,15,17,25H,7-10H2,1-2H3,(H2,24,26,27,28)/t15-,17+. The van der Waals surface area contributed by atoms with Gasteiger partial charge in [-0.3, -0.25) is 4.79 Å². The van der Waals surface area contributed by atoms with Crippen molar-refractivity contribution in [3.05, 3.63) is 47.8 Å². The van der Waals surface area contributed by atoms with E-state index in [0.29, 0.717) is 23.9 Å². The van der Waals surface area contributed by atoms with Crippen LogP contribution in [0.3, 0.4) is 0 Å². The number of nitriles is 1. The molecule has 4 rings (SSSR count). The number of hydrogen-bond donors (Lipinski definition) is 3. The number of amides is 1. The third kappa shape index (κ3) is 4.06. The van der Waals surface area contributed by atoms with E-state index in [1.165, 1.54) is 17.1 Å². The molecule has 0 radical (unpaired) electrons. The summed E-state index contributed by atoms with van der Waals surface area (Å²) in [4.78, 5) is 25.7. The van der Waals surface area contributed by atoms with Gasteiger partial charge in [0.25, 0.3) is 0 Å². The molecular formula is C22H25N7O. The van der Waals surface area contributed by atoms with Gasteiger partial charge in [-0.2, -0.15) is 10.2 Å². The molecule has 2 heterocycles. The topological polar surface area (TPSA) is 110 Å². The van der Waals surface area contributed by atoms with Crippen LogP contribution in [0.1, 0.15) is 24.0 Å². The molecule has 3 N–H and O–H groups in total. The van der Waals surface area contributed by atoms with Crippen LogP contribution in [0.25, 0.3) is 10.9 Å². The van der Waals surface area contributed by atoms with Crippen LogP contribution in [-0.2, 0) is 11.2 Å². The average Bonchev–Trinajstić information content (AvgIpc) is 3.13. The van der Waals surface area contributed by atoms with Crippen LogP contribution in [0.5, 0.6) is 0 Å². The Labute approximate surface area is 175 Å². The van der Waals surface area contributed by atoms with Gasteiger partial charge in [-0.15, -0.1) is 0 Å². The zero-order valence-corrected chi connectivity index (χ0v) is 17.1. The first kappa shape index (κ1) is 19.7. The summed E-state index contributed by atoms with van der Waals surface area (Å²) < 4.78 is 0. The normalized spacial score (nSPS) is 17.8. The van der Waals surface area contributed by atoms with Crippen LogP contribution in [-0.4, -0.2) is 52.4 Å². The molecule has 1 aliphatic carbocycles. The molecule has 154 valence electrons. The number of H-pyrrole nitrogens is 1. The van der Waals surface area contributed by atoms with Crippen molar-refractivity contribution in [2.75, 3.05) is 31.3 Å². The van der Waals surface area contributed by atoms with Crippen molar-refractivity contribution < 1.29 is 4.79 Å². The van der Waals surface area contributed by atoms with Crippen LogP contribution < -0.4 is 10.6 Å². The SMILES string of the molecule is CN(C)C(=O)[C@H]1C[C@@H](Nc2nc(NCCc3c[nH]c4ccccc34)ncc2C#N)C1. The van der Waals surface area contributed by atoms with Crippen molar-refractivity contribution in [2.24, 2.45) is 5.92 Å². The maximum absolute atomic E-state index is 12.0. The van der Waals surface area contributed by atoms with Crippen molar-refractivity contribution in [2.45, 2.75) is 25.3 Å². The van der Waals surface area contributed by atoms with Gasteiger partial charge in [0.05, 0.1) is 6.20 Å². The Morgan fingerprint density at radius 3 is 2.90 bits per heavy atom. The van der Waals surface area contributed by atoms with Crippen LogP contribution in [0.4, 0.5) is 11.8 Å². The second kappa shape index (κ2) is 8.41. The molecule has 0 saturated heterocycles. The Bertz CT molecular complexity index is 1090. The molecule has 0 spiro atoms.